The van der Waals surface area contributed by atoms with Crippen LogP contribution in [0.25, 0.3) is 11.3 Å². The molecule has 4 aromatic rings. The fourth-order valence-electron chi connectivity index (χ4n) is 3.39. The Labute approximate surface area is 212 Å². The van der Waals surface area contributed by atoms with Crippen molar-refractivity contribution in [3.05, 3.63) is 65.3 Å². The van der Waals surface area contributed by atoms with Gasteiger partial charge in [0.2, 0.25) is 5.91 Å². The molecule has 0 saturated carbocycles. The Morgan fingerprint density at radius 3 is 2.51 bits per heavy atom. The number of hydrogen-bond donors (Lipinski definition) is 1. The molecule has 2 heterocycles. The number of thioether (sulfide) groups is 1. The minimum Gasteiger partial charge on any atom is -0.497 e. The second kappa shape index (κ2) is 11.4. The molecule has 8 nitrogen and oxygen atoms in total. The van der Waals surface area contributed by atoms with Crippen LogP contribution in [0.1, 0.15) is 31.3 Å². The quantitative estimate of drug-likeness (QED) is 0.278. The second-order valence-electron chi connectivity index (χ2n) is 7.76. The van der Waals surface area contributed by atoms with Crippen LogP contribution in [0.15, 0.2) is 59.1 Å². The summed E-state index contributed by atoms with van der Waals surface area (Å²) < 4.78 is 13.2. The van der Waals surface area contributed by atoms with E-state index in [4.69, 9.17) is 9.47 Å². The normalized spacial score (nSPS) is 11.8. The van der Waals surface area contributed by atoms with Gasteiger partial charge in [-0.3, -0.25) is 4.79 Å². The number of methoxy groups -OCH3 is 1. The van der Waals surface area contributed by atoms with Crippen LogP contribution in [-0.4, -0.2) is 38.5 Å². The number of nitrogens with one attached hydrogen (secondary N) is 1. The zero-order valence-corrected chi connectivity index (χ0v) is 21.7. The SMILES string of the molecule is CCn1c(SCC(=O)Nc2nc(-c3ccc(C)cc3)cs2)nnc1C(C)Oc1ccc(OC)cc1. The molecular formula is C25H27N5O3S2. The Morgan fingerprint density at radius 1 is 1.11 bits per heavy atom. The summed E-state index contributed by atoms with van der Waals surface area (Å²) in [5.74, 6) is 2.24. The van der Waals surface area contributed by atoms with Crippen molar-refractivity contribution in [3.63, 3.8) is 0 Å². The summed E-state index contributed by atoms with van der Waals surface area (Å²) in [4.78, 5) is 17.1. The molecule has 0 spiro atoms. The summed E-state index contributed by atoms with van der Waals surface area (Å²) in [7, 11) is 1.63. The first-order valence-corrected chi connectivity index (χ1v) is 13.0. The monoisotopic (exact) mass is 509 g/mol. The molecule has 0 aliphatic carbocycles. The van der Waals surface area contributed by atoms with Gasteiger partial charge in [0.05, 0.1) is 18.6 Å². The van der Waals surface area contributed by atoms with Crippen LogP contribution in [0.4, 0.5) is 5.13 Å². The van der Waals surface area contributed by atoms with Gasteiger partial charge in [0.15, 0.2) is 22.2 Å². The fourth-order valence-corrected chi connectivity index (χ4v) is 4.93. The maximum absolute atomic E-state index is 12.6. The van der Waals surface area contributed by atoms with Crippen molar-refractivity contribution in [3.8, 4) is 22.8 Å². The Kier molecular flexibility index (Phi) is 8.04. The van der Waals surface area contributed by atoms with E-state index in [2.05, 4.69) is 20.5 Å². The van der Waals surface area contributed by atoms with E-state index < -0.39 is 0 Å². The van der Waals surface area contributed by atoms with Crippen molar-refractivity contribution in [2.24, 2.45) is 0 Å². The van der Waals surface area contributed by atoms with Gasteiger partial charge in [-0.1, -0.05) is 41.6 Å². The standard InChI is InChI=1S/C25H27N5O3S2/c1-5-30-23(17(3)33-20-12-10-19(32-4)11-13-20)28-29-25(30)35-15-22(31)27-24-26-21(14-34-24)18-8-6-16(2)7-9-18/h6-14,17H,5,15H2,1-4H3,(H,26,27,31). The highest BCUT2D eigenvalue weighted by Crippen LogP contribution is 2.27. The average Bonchev–Trinajstić information content (AvgIpc) is 3.50. The van der Waals surface area contributed by atoms with Crippen LogP contribution in [0.5, 0.6) is 11.5 Å². The lowest BCUT2D eigenvalue weighted by atomic mass is 10.1. The molecule has 182 valence electrons. The Balaban J connectivity index is 1.34. The van der Waals surface area contributed by atoms with E-state index in [-0.39, 0.29) is 17.8 Å². The predicted molar refractivity (Wildman–Crippen MR) is 139 cm³/mol. The average molecular weight is 510 g/mol. The minimum atomic E-state index is -0.311. The zero-order chi connectivity index (χ0) is 24.8. The third-order valence-electron chi connectivity index (χ3n) is 5.23. The molecule has 0 aliphatic rings. The molecule has 35 heavy (non-hydrogen) atoms. The van der Waals surface area contributed by atoms with Crippen molar-refractivity contribution in [1.29, 1.82) is 0 Å². The number of amides is 1. The van der Waals surface area contributed by atoms with Gasteiger partial charge in [0, 0.05) is 17.5 Å². The minimum absolute atomic E-state index is 0.144. The smallest absolute Gasteiger partial charge is 0.236 e. The largest absolute Gasteiger partial charge is 0.497 e. The molecule has 1 atom stereocenters. The number of rotatable bonds is 10. The summed E-state index contributed by atoms with van der Waals surface area (Å²) in [5.41, 5.74) is 3.06. The van der Waals surface area contributed by atoms with Crippen LogP contribution in [0.2, 0.25) is 0 Å². The van der Waals surface area contributed by atoms with E-state index in [0.717, 1.165) is 17.0 Å². The van der Waals surface area contributed by atoms with Gasteiger partial charge in [0.25, 0.3) is 0 Å². The number of carbonyl (C=O) groups excluding carboxylic acids is 1. The number of aromatic nitrogens is 4. The van der Waals surface area contributed by atoms with Crippen molar-refractivity contribution in [1.82, 2.24) is 19.7 Å². The van der Waals surface area contributed by atoms with E-state index in [1.165, 1.54) is 28.7 Å². The Bertz CT molecular complexity index is 1270. The summed E-state index contributed by atoms with van der Waals surface area (Å²) >= 11 is 2.74. The third kappa shape index (κ3) is 6.20. The summed E-state index contributed by atoms with van der Waals surface area (Å²) in [6.45, 7) is 6.65. The van der Waals surface area contributed by atoms with E-state index in [9.17, 15) is 4.79 Å². The molecule has 2 aromatic heterocycles. The Morgan fingerprint density at radius 2 is 1.83 bits per heavy atom. The molecule has 1 unspecified atom stereocenters. The first kappa shape index (κ1) is 24.7. The maximum atomic E-state index is 12.6. The zero-order valence-electron chi connectivity index (χ0n) is 20.0. The summed E-state index contributed by atoms with van der Waals surface area (Å²) in [6, 6.07) is 15.5. The van der Waals surface area contributed by atoms with Crippen LogP contribution in [0.3, 0.4) is 0 Å². The maximum Gasteiger partial charge on any atom is 0.236 e. The molecule has 1 N–H and O–H groups in total. The van der Waals surface area contributed by atoms with E-state index >= 15 is 0 Å². The van der Waals surface area contributed by atoms with Gasteiger partial charge in [-0.25, -0.2) is 4.98 Å². The van der Waals surface area contributed by atoms with Gasteiger partial charge >= 0.3 is 0 Å². The van der Waals surface area contributed by atoms with Gasteiger partial charge < -0.3 is 19.4 Å². The number of nitrogens with zero attached hydrogens (tertiary/aromatic N) is 4. The highest BCUT2D eigenvalue weighted by molar-refractivity contribution is 7.99. The lowest BCUT2D eigenvalue weighted by Crippen LogP contribution is -2.15. The molecule has 0 aliphatic heterocycles. The van der Waals surface area contributed by atoms with Gasteiger partial charge in [-0.05, 0) is 45.0 Å². The number of thiazole rings is 1. The van der Waals surface area contributed by atoms with Crippen molar-refractivity contribution in [2.75, 3.05) is 18.2 Å². The van der Waals surface area contributed by atoms with Crippen molar-refractivity contribution < 1.29 is 14.3 Å². The summed E-state index contributed by atoms with van der Waals surface area (Å²) in [6.07, 6.45) is -0.311. The highest BCUT2D eigenvalue weighted by Gasteiger charge is 2.20. The summed E-state index contributed by atoms with van der Waals surface area (Å²) in [5, 5.41) is 14.7. The topological polar surface area (TPSA) is 91.2 Å². The number of carbonyl (C=O) groups is 1. The first-order valence-electron chi connectivity index (χ1n) is 11.2. The molecule has 0 radical (unpaired) electrons. The lowest BCUT2D eigenvalue weighted by Gasteiger charge is -2.15. The van der Waals surface area contributed by atoms with Crippen molar-refractivity contribution >= 4 is 34.1 Å². The third-order valence-corrected chi connectivity index (χ3v) is 6.95. The number of anilines is 1. The number of hydrogen-bond acceptors (Lipinski definition) is 8. The number of benzene rings is 2. The van der Waals surface area contributed by atoms with Gasteiger partial charge in [-0.15, -0.1) is 21.5 Å². The van der Waals surface area contributed by atoms with E-state index in [1.807, 2.05) is 79.2 Å². The number of ether oxygens (including phenoxy) is 2. The van der Waals surface area contributed by atoms with Gasteiger partial charge in [-0.2, -0.15) is 0 Å². The molecular weight excluding hydrogens is 482 g/mol. The van der Waals surface area contributed by atoms with E-state index in [0.29, 0.717) is 28.4 Å². The van der Waals surface area contributed by atoms with Crippen molar-refractivity contribution in [2.45, 2.75) is 38.6 Å². The highest BCUT2D eigenvalue weighted by atomic mass is 32.2. The van der Waals surface area contributed by atoms with Crippen LogP contribution < -0.4 is 14.8 Å². The number of aryl methyl sites for hydroxylation is 1. The molecule has 10 heteroatoms. The van der Waals surface area contributed by atoms with Crippen LogP contribution in [0, 0.1) is 6.92 Å². The predicted octanol–water partition coefficient (Wildman–Crippen LogP) is 5.61. The molecule has 0 fully saturated rings. The molecule has 0 saturated heterocycles. The van der Waals surface area contributed by atoms with Crippen LogP contribution >= 0.6 is 23.1 Å². The molecule has 4 rings (SSSR count). The second-order valence-corrected chi connectivity index (χ2v) is 9.56. The molecule has 2 aromatic carbocycles. The van der Waals surface area contributed by atoms with Gasteiger partial charge in [0.1, 0.15) is 11.5 Å². The first-order chi connectivity index (χ1) is 17.0. The molecule has 0 bridgehead atoms. The molecule has 1 amide bonds. The fraction of sp³-hybridized carbons (Fsp3) is 0.280. The lowest BCUT2D eigenvalue weighted by molar-refractivity contribution is -0.113. The van der Waals surface area contributed by atoms with E-state index in [1.54, 1.807) is 7.11 Å². The van der Waals surface area contributed by atoms with Crippen LogP contribution in [-0.2, 0) is 11.3 Å². The Hall–Kier alpha value is -3.37.